The van der Waals surface area contributed by atoms with Gasteiger partial charge in [-0.15, -0.1) is 0 Å². The highest BCUT2D eigenvalue weighted by atomic mass is 16.5. The summed E-state index contributed by atoms with van der Waals surface area (Å²) in [5.41, 5.74) is 6.86. The van der Waals surface area contributed by atoms with E-state index < -0.39 is 5.91 Å². The molecule has 3 rings (SSSR count). The molecular formula is C14H17N3O3. The smallest absolute Gasteiger partial charge is 0.298 e. The number of hydrogen-bond acceptors (Lipinski definition) is 5. The van der Waals surface area contributed by atoms with Crippen LogP contribution in [0.15, 0.2) is 22.6 Å². The van der Waals surface area contributed by atoms with Crippen LogP contribution in [0.3, 0.4) is 0 Å². The Hall–Kier alpha value is -2.08. The Bertz CT molecular complexity index is 638. The van der Waals surface area contributed by atoms with Crippen LogP contribution in [-0.2, 0) is 4.74 Å². The topological polar surface area (TPSA) is 81.6 Å². The summed E-state index contributed by atoms with van der Waals surface area (Å²) < 4.78 is 11.3. The standard InChI is InChI=1S/C14H17N3O3/c1-2-9-8-19-7-6-17(9)14-16-12-10(13(15)18)4-3-5-11(12)20-14/h3-5,9H,2,6-8H2,1H3,(H2,15,18)/t9-/m0/s1. The number of benzene rings is 1. The summed E-state index contributed by atoms with van der Waals surface area (Å²) in [5, 5.41) is 0. The number of amides is 1. The molecule has 0 unspecified atom stereocenters. The van der Waals surface area contributed by atoms with Crippen molar-refractivity contribution in [1.29, 1.82) is 0 Å². The molecule has 1 aromatic carbocycles. The van der Waals surface area contributed by atoms with Crippen LogP contribution in [0.25, 0.3) is 11.1 Å². The predicted molar refractivity (Wildman–Crippen MR) is 74.8 cm³/mol. The van der Waals surface area contributed by atoms with Gasteiger partial charge in [0.05, 0.1) is 24.8 Å². The van der Waals surface area contributed by atoms with Gasteiger partial charge in [0.2, 0.25) is 0 Å². The summed E-state index contributed by atoms with van der Waals surface area (Å²) in [6.45, 7) is 4.15. The van der Waals surface area contributed by atoms with Gasteiger partial charge in [0.25, 0.3) is 11.9 Å². The molecule has 1 amide bonds. The number of carbonyl (C=O) groups excluding carboxylic acids is 1. The van der Waals surface area contributed by atoms with Crippen molar-refractivity contribution in [2.24, 2.45) is 5.73 Å². The van der Waals surface area contributed by atoms with Crippen LogP contribution >= 0.6 is 0 Å². The van der Waals surface area contributed by atoms with E-state index in [0.717, 1.165) is 13.0 Å². The lowest BCUT2D eigenvalue weighted by atomic mass is 10.2. The van der Waals surface area contributed by atoms with Gasteiger partial charge >= 0.3 is 0 Å². The quantitative estimate of drug-likeness (QED) is 0.919. The van der Waals surface area contributed by atoms with E-state index in [0.29, 0.717) is 35.9 Å². The number of anilines is 1. The number of nitrogens with two attached hydrogens (primary N) is 1. The Kier molecular flexibility index (Phi) is 3.31. The minimum Gasteiger partial charge on any atom is -0.423 e. The number of carbonyl (C=O) groups is 1. The number of para-hydroxylation sites is 1. The molecule has 2 heterocycles. The molecular weight excluding hydrogens is 258 g/mol. The van der Waals surface area contributed by atoms with Gasteiger partial charge in [0.1, 0.15) is 5.52 Å². The highest BCUT2D eigenvalue weighted by Crippen LogP contribution is 2.27. The highest BCUT2D eigenvalue weighted by molar-refractivity contribution is 6.03. The van der Waals surface area contributed by atoms with E-state index in [1.54, 1.807) is 18.2 Å². The van der Waals surface area contributed by atoms with Gasteiger partial charge in [-0.1, -0.05) is 13.0 Å². The average Bonchev–Trinajstić information content (AvgIpc) is 2.90. The summed E-state index contributed by atoms with van der Waals surface area (Å²) >= 11 is 0. The lowest BCUT2D eigenvalue weighted by Crippen LogP contribution is -2.45. The van der Waals surface area contributed by atoms with Gasteiger partial charge < -0.3 is 19.8 Å². The minimum absolute atomic E-state index is 0.244. The molecule has 20 heavy (non-hydrogen) atoms. The number of aromatic nitrogens is 1. The molecule has 6 heteroatoms. The fourth-order valence-electron chi connectivity index (χ4n) is 2.50. The first kappa shape index (κ1) is 12.9. The van der Waals surface area contributed by atoms with E-state index in [2.05, 4.69) is 16.8 Å². The van der Waals surface area contributed by atoms with E-state index in [4.69, 9.17) is 14.9 Å². The largest absolute Gasteiger partial charge is 0.423 e. The minimum atomic E-state index is -0.496. The van der Waals surface area contributed by atoms with Gasteiger partial charge in [-0.05, 0) is 18.6 Å². The second-order valence-corrected chi connectivity index (χ2v) is 4.84. The fourth-order valence-corrected chi connectivity index (χ4v) is 2.50. The van der Waals surface area contributed by atoms with Gasteiger partial charge in [-0.3, -0.25) is 4.79 Å². The fraction of sp³-hybridized carbons (Fsp3) is 0.429. The van der Waals surface area contributed by atoms with Crippen molar-refractivity contribution < 1.29 is 13.9 Å². The summed E-state index contributed by atoms with van der Waals surface area (Å²) in [7, 11) is 0. The van der Waals surface area contributed by atoms with Gasteiger partial charge in [0, 0.05) is 6.54 Å². The zero-order valence-electron chi connectivity index (χ0n) is 11.3. The molecule has 0 radical (unpaired) electrons. The molecule has 0 spiro atoms. The number of rotatable bonds is 3. The number of hydrogen-bond donors (Lipinski definition) is 1. The van der Waals surface area contributed by atoms with E-state index in [-0.39, 0.29) is 6.04 Å². The van der Waals surface area contributed by atoms with Crippen molar-refractivity contribution >= 4 is 23.0 Å². The SMILES string of the molecule is CC[C@H]1COCCN1c1nc2c(C(N)=O)cccc2o1. The van der Waals surface area contributed by atoms with E-state index in [1.807, 2.05) is 0 Å². The summed E-state index contributed by atoms with van der Waals surface area (Å²) in [5.74, 6) is -0.496. The maximum atomic E-state index is 11.4. The maximum absolute atomic E-state index is 11.4. The van der Waals surface area contributed by atoms with Crippen molar-refractivity contribution in [2.45, 2.75) is 19.4 Å². The Labute approximate surface area is 116 Å². The molecule has 1 saturated heterocycles. The molecule has 1 aliphatic heterocycles. The summed E-state index contributed by atoms with van der Waals surface area (Å²) in [6.07, 6.45) is 0.946. The molecule has 1 aliphatic rings. The van der Waals surface area contributed by atoms with E-state index >= 15 is 0 Å². The van der Waals surface area contributed by atoms with E-state index in [9.17, 15) is 4.79 Å². The number of ether oxygens (including phenoxy) is 1. The second kappa shape index (κ2) is 5.13. The molecule has 1 aromatic heterocycles. The molecule has 106 valence electrons. The van der Waals surface area contributed by atoms with Crippen LogP contribution in [0.5, 0.6) is 0 Å². The molecule has 0 aliphatic carbocycles. The van der Waals surface area contributed by atoms with Crippen molar-refractivity contribution in [3.05, 3.63) is 23.8 Å². The third kappa shape index (κ3) is 2.12. The number of nitrogens with zero attached hydrogens (tertiary/aromatic N) is 2. The van der Waals surface area contributed by atoms with Crippen LogP contribution < -0.4 is 10.6 Å². The van der Waals surface area contributed by atoms with Crippen molar-refractivity contribution in [2.75, 3.05) is 24.7 Å². The monoisotopic (exact) mass is 275 g/mol. The predicted octanol–water partition coefficient (Wildman–Crippen LogP) is 1.54. The number of morpholine rings is 1. The summed E-state index contributed by atoms with van der Waals surface area (Å²) in [4.78, 5) is 18.0. The molecule has 2 N–H and O–H groups in total. The van der Waals surface area contributed by atoms with Crippen LogP contribution in [0, 0.1) is 0 Å². The van der Waals surface area contributed by atoms with Crippen LogP contribution in [-0.4, -0.2) is 36.7 Å². The zero-order chi connectivity index (χ0) is 14.1. The first-order chi connectivity index (χ1) is 9.70. The Morgan fingerprint density at radius 3 is 3.15 bits per heavy atom. The Morgan fingerprint density at radius 2 is 2.40 bits per heavy atom. The molecule has 6 nitrogen and oxygen atoms in total. The highest BCUT2D eigenvalue weighted by Gasteiger charge is 2.26. The lowest BCUT2D eigenvalue weighted by Gasteiger charge is -2.33. The number of oxazole rings is 1. The number of primary amides is 1. The van der Waals surface area contributed by atoms with Gasteiger partial charge in [-0.25, -0.2) is 0 Å². The van der Waals surface area contributed by atoms with Crippen molar-refractivity contribution in [3.8, 4) is 0 Å². The van der Waals surface area contributed by atoms with E-state index in [1.165, 1.54) is 0 Å². The van der Waals surface area contributed by atoms with Crippen molar-refractivity contribution in [3.63, 3.8) is 0 Å². The molecule has 2 aromatic rings. The third-order valence-corrected chi connectivity index (χ3v) is 3.62. The second-order valence-electron chi connectivity index (χ2n) is 4.84. The first-order valence-electron chi connectivity index (χ1n) is 6.74. The van der Waals surface area contributed by atoms with Gasteiger partial charge in [0.15, 0.2) is 5.58 Å². The molecule has 1 fully saturated rings. The number of fused-ring (bicyclic) bond motifs is 1. The Balaban J connectivity index is 2.04. The van der Waals surface area contributed by atoms with Crippen LogP contribution in [0.4, 0.5) is 6.01 Å². The van der Waals surface area contributed by atoms with Gasteiger partial charge in [-0.2, -0.15) is 4.98 Å². The maximum Gasteiger partial charge on any atom is 0.298 e. The lowest BCUT2D eigenvalue weighted by molar-refractivity contribution is 0.0903. The molecule has 1 atom stereocenters. The first-order valence-corrected chi connectivity index (χ1v) is 6.74. The Morgan fingerprint density at radius 1 is 1.55 bits per heavy atom. The van der Waals surface area contributed by atoms with Crippen LogP contribution in [0.1, 0.15) is 23.7 Å². The third-order valence-electron chi connectivity index (χ3n) is 3.62. The average molecular weight is 275 g/mol. The van der Waals surface area contributed by atoms with Crippen molar-refractivity contribution in [1.82, 2.24) is 4.98 Å². The molecule has 0 bridgehead atoms. The molecule has 0 saturated carbocycles. The zero-order valence-corrected chi connectivity index (χ0v) is 11.3. The van der Waals surface area contributed by atoms with Crippen LogP contribution in [0.2, 0.25) is 0 Å². The summed E-state index contributed by atoms with van der Waals surface area (Å²) in [6, 6.07) is 5.97. The normalized spacial score (nSPS) is 19.4.